The monoisotopic (exact) mass is 241 g/mol. The summed E-state index contributed by atoms with van der Waals surface area (Å²) in [5.41, 5.74) is 0.0620. The standard InChI is InChI=1S/C15H31NO/c1-5-11-16-14(12-13-9-10-13)15(6-2,7-3)17-8-4/h13-14,16H,5-12H2,1-4H3. The van der Waals surface area contributed by atoms with Gasteiger partial charge in [0, 0.05) is 12.6 Å². The van der Waals surface area contributed by atoms with Crippen LogP contribution in [0.2, 0.25) is 0 Å². The van der Waals surface area contributed by atoms with Crippen LogP contribution in [0, 0.1) is 5.92 Å². The van der Waals surface area contributed by atoms with Crippen molar-refractivity contribution in [2.75, 3.05) is 13.2 Å². The van der Waals surface area contributed by atoms with Gasteiger partial charge in [0.1, 0.15) is 0 Å². The third kappa shape index (κ3) is 4.26. The van der Waals surface area contributed by atoms with Crippen molar-refractivity contribution in [3.05, 3.63) is 0 Å². The van der Waals surface area contributed by atoms with E-state index in [-0.39, 0.29) is 5.60 Å². The lowest BCUT2D eigenvalue weighted by molar-refractivity contribution is -0.0748. The van der Waals surface area contributed by atoms with Crippen molar-refractivity contribution >= 4 is 0 Å². The Balaban J connectivity index is 2.65. The Labute approximate surface area is 108 Å². The van der Waals surface area contributed by atoms with Gasteiger partial charge < -0.3 is 10.1 Å². The summed E-state index contributed by atoms with van der Waals surface area (Å²) in [6, 6.07) is 0.546. The highest BCUT2D eigenvalue weighted by atomic mass is 16.5. The highest BCUT2D eigenvalue weighted by Gasteiger charge is 2.39. The predicted molar refractivity (Wildman–Crippen MR) is 74.4 cm³/mol. The van der Waals surface area contributed by atoms with E-state index in [2.05, 4.69) is 33.0 Å². The van der Waals surface area contributed by atoms with Crippen LogP contribution in [-0.4, -0.2) is 24.8 Å². The summed E-state index contributed by atoms with van der Waals surface area (Å²) < 4.78 is 6.15. The Morgan fingerprint density at radius 2 is 1.82 bits per heavy atom. The molecule has 0 saturated heterocycles. The number of hydrogen-bond donors (Lipinski definition) is 1. The maximum Gasteiger partial charge on any atom is 0.0829 e. The van der Waals surface area contributed by atoms with Crippen LogP contribution in [0.3, 0.4) is 0 Å². The second-order valence-corrected chi connectivity index (χ2v) is 5.39. The van der Waals surface area contributed by atoms with E-state index in [4.69, 9.17) is 4.74 Å². The molecule has 1 aliphatic carbocycles. The quantitative estimate of drug-likeness (QED) is 0.629. The Morgan fingerprint density at radius 3 is 2.24 bits per heavy atom. The van der Waals surface area contributed by atoms with E-state index in [1.807, 2.05) is 0 Å². The normalized spacial score (nSPS) is 18.4. The zero-order valence-corrected chi connectivity index (χ0v) is 12.2. The van der Waals surface area contributed by atoms with Gasteiger partial charge in [-0.1, -0.05) is 33.6 Å². The average molecular weight is 241 g/mol. The van der Waals surface area contributed by atoms with Gasteiger partial charge in [-0.2, -0.15) is 0 Å². The van der Waals surface area contributed by atoms with Crippen molar-refractivity contribution in [2.45, 2.75) is 77.9 Å². The van der Waals surface area contributed by atoms with Crippen LogP contribution in [0.5, 0.6) is 0 Å². The first-order valence-electron chi connectivity index (χ1n) is 7.59. The molecular formula is C15H31NO. The molecule has 0 aromatic carbocycles. The van der Waals surface area contributed by atoms with E-state index in [9.17, 15) is 0 Å². The molecule has 2 heteroatoms. The van der Waals surface area contributed by atoms with Crippen molar-refractivity contribution < 1.29 is 4.74 Å². The van der Waals surface area contributed by atoms with Gasteiger partial charge in [-0.15, -0.1) is 0 Å². The summed E-state index contributed by atoms with van der Waals surface area (Å²) in [6.45, 7) is 10.8. The first-order chi connectivity index (χ1) is 8.22. The summed E-state index contributed by atoms with van der Waals surface area (Å²) >= 11 is 0. The minimum absolute atomic E-state index is 0.0620. The van der Waals surface area contributed by atoms with Crippen molar-refractivity contribution in [1.29, 1.82) is 0 Å². The van der Waals surface area contributed by atoms with E-state index in [1.54, 1.807) is 0 Å². The Bertz CT molecular complexity index is 197. The molecule has 0 spiro atoms. The molecule has 1 rings (SSSR count). The van der Waals surface area contributed by atoms with Crippen LogP contribution in [0.25, 0.3) is 0 Å². The summed E-state index contributed by atoms with van der Waals surface area (Å²) in [5, 5.41) is 3.74. The fourth-order valence-electron chi connectivity index (χ4n) is 2.82. The predicted octanol–water partition coefficient (Wildman–Crippen LogP) is 3.75. The first-order valence-corrected chi connectivity index (χ1v) is 7.59. The molecule has 0 aromatic rings. The third-order valence-electron chi connectivity index (χ3n) is 4.17. The highest BCUT2D eigenvalue weighted by molar-refractivity contribution is 4.95. The van der Waals surface area contributed by atoms with Gasteiger partial charge in [0.15, 0.2) is 0 Å². The number of hydrogen-bond acceptors (Lipinski definition) is 2. The smallest absolute Gasteiger partial charge is 0.0829 e. The lowest BCUT2D eigenvalue weighted by Gasteiger charge is -2.40. The number of ether oxygens (including phenoxy) is 1. The third-order valence-corrected chi connectivity index (χ3v) is 4.17. The topological polar surface area (TPSA) is 21.3 Å². The highest BCUT2D eigenvalue weighted by Crippen LogP contribution is 2.38. The van der Waals surface area contributed by atoms with Gasteiger partial charge in [0.25, 0.3) is 0 Å². The molecule has 2 nitrogen and oxygen atoms in total. The zero-order valence-electron chi connectivity index (χ0n) is 12.2. The fraction of sp³-hybridized carbons (Fsp3) is 1.00. The second-order valence-electron chi connectivity index (χ2n) is 5.39. The van der Waals surface area contributed by atoms with E-state index in [0.29, 0.717) is 6.04 Å². The average Bonchev–Trinajstić information content (AvgIpc) is 3.16. The van der Waals surface area contributed by atoms with Crippen molar-refractivity contribution in [3.63, 3.8) is 0 Å². The van der Waals surface area contributed by atoms with Crippen molar-refractivity contribution in [2.24, 2.45) is 5.92 Å². The second kappa shape index (κ2) is 7.38. The fourth-order valence-corrected chi connectivity index (χ4v) is 2.82. The van der Waals surface area contributed by atoms with Crippen molar-refractivity contribution in [1.82, 2.24) is 5.32 Å². The van der Waals surface area contributed by atoms with Gasteiger partial charge in [0.05, 0.1) is 5.60 Å². The molecule has 1 fully saturated rings. The Kier molecular flexibility index (Phi) is 6.50. The van der Waals surface area contributed by atoms with Crippen LogP contribution in [0.1, 0.15) is 66.2 Å². The molecule has 1 aliphatic rings. The summed E-state index contributed by atoms with van der Waals surface area (Å²) in [4.78, 5) is 0. The molecule has 1 N–H and O–H groups in total. The van der Waals surface area contributed by atoms with Gasteiger partial charge >= 0.3 is 0 Å². The molecule has 1 unspecified atom stereocenters. The molecule has 17 heavy (non-hydrogen) atoms. The van der Waals surface area contributed by atoms with Gasteiger partial charge in [-0.3, -0.25) is 0 Å². The molecule has 0 aromatic heterocycles. The van der Waals surface area contributed by atoms with E-state index in [1.165, 1.54) is 25.7 Å². The minimum Gasteiger partial charge on any atom is -0.374 e. The Hall–Kier alpha value is -0.0800. The lowest BCUT2D eigenvalue weighted by Crippen LogP contribution is -2.52. The van der Waals surface area contributed by atoms with Crippen LogP contribution >= 0.6 is 0 Å². The molecule has 0 bridgehead atoms. The van der Waals surface area contributed by atoms with E-state index in [0.717, 1.165) is 31.9 Å². The molecule has 0 heterocycles. The van der Waals surface area contributed by atoms with Crippen LogP contribution in [0.15, 0.2) is 0 Å². The summed E-state index contributed by atoms with van der Waals surface area (Å²) in [5.74, 6) is 0.960. The summed E-state index contributed by atoms with van der Waals surface area (Å²) in [7, 11) is 0. The molecular weight excluding hydrogens is 210 g/mol. The summed E-state index contributed by atoms with van der Waals surface area (Å²) in [6.07, 6.45) is 7.61. The minimum atomic E-state index is 0.0620. The lowest BCUT2D eigenvalue weighted by atomic mass is 9.84. The molecule has 0 aliphatic heterocycles. The van der Waals surface area contributed by atoms with Crippen LogP contribution in [0.4, 0.5) is 0 Å². The maximum absolute atomic E-state index is 6.15. The molecule has 0 amide bonds. The molecule has 0 radical (unpaired) electrons. The van der Waals surface area contributed by atoms with Gasteiger partial charge in [-0.25, -0.2) is 0 Å². The molecule has 102 valence electrons. The number of nitrogens with one attached hydrogen (secondary N) is 1. The maximum atomic E-state index is 6.15. The first kappa shape index (κ1) is 15.0. The van der Waals surface area contributed by atoms with Crippen molar-refractivity contribution in [3.8, 4) is 0 Å². The van der Waals surface area contributed by atoms with Gasteiger partial charge in [0.2, 0.25) is 0 Å². The van der Waals surface area contributed by atoms with E-state index >= 15 is 0 Å². The molecule has 1 atom stereocenters. The SMILES string of the molecule is CCCNC(CC1CC1)C(CC)(CC)OCC. The largest absolute Gasteiger partial charge is 0.374 e. The van der Waals surface area contributed by atoms with E-state index < -0.39 is 0 Å². The van der Waals surface area contributed by atoms with Gasteiger partial charge in [-0.05, 0) is 45.1 Å². The molecule has 1 saturated carbocycles. The van der Waals surface area contributed by atoms with Crippen LogP contribution in [-0.2, 0) is 4.74 Å². The number of rotatable bonds is 10. The Morgan fingerprint density at radius 1 is 1.18 bits per heavy atom. The zero-order chi connectivity index (χ0) is 12.7. The van der Waals surface area contributed by atoms with Crippen LogP contribution < -0.4 is 5.32 Å².